The molecule has 2 aromatic carbocycles. The van der Waals surface area contributed by atoms with Gasteiger partial charge in [0.05, 0.1) is 11.5 Å². The summed E-state index contributed by atoms with van der Waals surface area (Å²) in [6.45, 7) is 1.59. The van der Waals surface area contributed by atoms with Crippen LogP contribution in [-0.2, 0) is 15.3 Å². The van der Waals surface area contributed by atoms with Gasteiger partial charge in [0.15, 0.2) is 0 Å². The molecule has 2 rings (SSSR count). The number of anilines is 1. The SMILES string of the molecule is C/C(=N/NC(=O)CSCc1ccc(Cl)cc1)c1cccc(NC(=O)C(F)(F)F)c1. The van der Waals surface area contributed by atoms with Gasteiger partial charge in [-0.3, -0.25) is 9.59 Å². The van der Waals surface area contributed by atoms with Crippen LogP contribution >= 0.6 is 23.4 Å². The van der Waals surface area contributed by atoms with Crippen molar-refractivity contribution >= 4 is 46.6 Å². The zero-order valence-corrected chi connectivity index (χ0v) is 16.8. The number of rotatable bonds is 7. The Morgan fingerprint density at radius 2 is 1.83 bits per heavy atom. The third-order valence-corrected chi connectivity index (χ3v) is 4.81. The lowest BCUT2D eigenvalue weighted by Crippen LogP contribution is -2.30. The summed E-state index contributed by atoms with van der Waals surface area (Å²) in [5, 5.41) is 6.37. The summed E-state index contributed by atoms with van der Waals surface area (Å²) < 4.78 is 37.0. The predicted octanol–water partition coefficient (Wildman–Crippen LogP) is 4.61. The third-order valence-electron chi connectivity index (χ3n) is 3.56. The van der Waals surface area contributed by atoms with Gasteiger partial charge in [-0.15, -0.1) is 11.8 Å². The molecule has 0 spiro atoms. The molecule has 0 aromatic heterocycles. The number of carbonyl (C=O) groups is 2. The van der Waals surface area contributed by atoms with Crippen LogP contribution in [0, 0.1) is 0 Å². The second-order valence-corrected chi connectivity index (χ2v) is 7.31. The molecule has 0 aliphatic carbocycles. The summed E-state index contributed by atoms with van der Waals surface area (Å²) in [7, 11) is 0. The maximum atomic E-state index is 12.3. The fraction of sp³-hybridized carbons (Fsp3) is 0.211. The summed E-state index contributed by atoms with van der Waals surface area (Å²) in [5.74, 6) is -1.56. The minimum atomic E-state index is -4.98. The molecule has 0 atom stereocenters. The summed E-state index contributed by atoms with van der Waals surface area (Å²) in [6.07, 6.45) is -4.98. The lowest BCUT2D eigenvalue weighted by molar-refractivity contribution is -0.167. The smallest absolute Gasteiger partial charge is 0.318 e. The van der Waals surface area contributed by atoms with E-state index in [2.05, 4.69) is 10.5 Å². The van der Waals surface area contributed by atoms with Crippen LogP contribution in [0.3, 0.4) is 0 Å². The number of hydrogen-bond donors (Lipinski definition) is 2. The van der Waals surface area contributed by atoms with Crippen molar-refractivity contribution in [1.29, 1.82) is 0 Å². The van der Waals surface area contributed by atoms with Crippen LogP contribution in [0.15, 0.2) is 53.6 Å². The maximum Gasteiger partial charge on any atom is 0.471 e. The van der Waals surface area contributed by atoms with Gasteiger partial charge in [-0.1, -0.05) is 35.9 Å². The number of hydrogen-bond acceptors (Lipinski definition) is 4. The van der Waals surface area contributed by atoms with E-state index in [-0.39, 0.29) is 17.3 Å². The van der Waals surface area contributed by atoms with E-state index in [1.54, 1.807) is 30.4 Å². The highest BCUT2D eigenvalue weighted by Crippen LogP contribution is 2.19. The number of benzene rings is 2. The fourth-order valence-corrected chi connectivity index (χ4v) is 3.02. The Morgan fingerprint density at radius 1 is 1.14 bits per heavy atom. The van der Waals surface area contributed by atoms with Crippen LogP contribution in [-0.4, -0.2) is 29.5 Å². The van der Waals surface area contributed by atoms with Gasteiger partial charge in [0, 0.05) is 16.5 Å². The number of carbonyl (C=O) groups excluding carboxylic acids is 2. The van der Waals surface area contributed by atoms with E-state index in [1.807, 2.05) is 12.1 Å². The molecule has 5 nitrogen and oxygen atoms in total. The topological polar surface area (TPSA) is 70.6 Å². The second-order valence-electron chi connectivity index (χ2n) is 5.88. The number of alkyl halides is 3. The van der Waals surface area contributed by atoms with Crippen LogP contribution < -0.4 is 10.7 Å². The molecular weight excluding hydrogens is 427 g/mol. The zero-order valence-electron chi connectivity index (χ0n) is 15.2. The lowest BCUT2D eigenvalue weighted by Gasteiger charge is -2.09. The number of nitrogens with zero attached hydrogens (tertiary/aromatic N) is 1. The van der Waals surface area contributed by atoms with Crippen molar-refractivity contribution in [3.05, 3.63) is 64.7 Å². The Hall–Kier alpha value is -2.52. The van der Waals surface area contributed by atoms with Gasteiger partial charge in [0.1, 0.15) is 0 Å². The maximum absolute atomic E-state index is 12.3. The van der Waals surface area contributed by atoms with Crippen LogP contribution in [0.4, 0.5) is 18.9 Å². The van der Waals surface area contributed by atoms with Gasteiger partial charge in [-0.25, -0.2) is 5.43 Å². The molecule has 0 saturated carbocycles. The second kappa shape index (κ2) is 10.3. The molecule has 0 saturated heterocycles. The van der Waals surface area contributed by atoms with E-state index < -0.39 is 12.1 Å². The summed E-state index contributed by atoms with van der Waals surface area (Å²) in [5.41, 5.74) is 4.25. The zero-order chi connectivity index (χ0) is 21.4. The number of amides is 2. The molecule has 29 heavy (non-hydrogen) atoms. The summed E-state index contributed by atoms with van der Waals surface area (Å²) >= 11 is 7.22. The van der Waals surface area contributed by atoms with E-state index in [4.69, 9.17) is 11.6 Å². The van der Waals surface area contributed by atoms with E-state index in [9.17, 15) is 22.8 Å². The first-order valence-corrected chi connectivity index (χ1v) is 9.82. The van der Waals surface area contributed by atoms with Crippen molar-refractivity contribution in [1.82, 2.24) is 5.43 Å². The first kappa shape index (κ1) is 22.8. The molecule has 10 heteroatoms. The molecule has 0 heterocycles. The number of thioether (sulfide) groups is 1. The normalized spacial score (nSPS) is 11.8. The third kappa shape index (κ3) is 7.78. The monoisotopic (exact) mass is 443 g/mol. The number of hydrazone groups is 1. The number of halogens is 4. The summed E-state index contributed by atoms with van der Waals surface area (Å²) in [6, 6.07) is 13.0. The molecule has 2 amide bonds. The van der Waals surface area contributed by atoms with Gasteiger partial charge < -0.3 is 5.32 Å². The van der Waals surface area contributed by atoms with Gasteiger partial charge in [0.25, 0.3) is 0 Å². The van der Waals surface area contributed by atoms with E-state index >= 15 is 0 Å². The fourth-order valence-electron chi connectivity index (χ4n) is 2.11. The van der Waals surface area contributed by atoms with Crippen molar-refractivity contribution in [2.45, 2.75) is 18.9 Å². The first-order chi connectivity index (χ1) is 13.6. The molecule has 2 aromatic rings. The molecule has 2 N–H and O–H groups in total. The Balaban J connectivity index is 1.86. The molecule has 0 aliphatic heterocycles. The largest absolute Gasteiger partial charge is 0.471 e. The van der Waals surface area contributed by atoms with Gasteiger partial charge in [-0.2, -0.15) is 18.3 Å². The number of nitrogens with one attached hydrogen (secondary N) is 2. The lowest BCUT2D eigenvalue weighted by atomic mass is 10.1. The summed E-state index contributed by atoms with van der Waals surface area (Å²) in [4.78, 5) is 22.9. The van der Waals surface area contributed by atoms with Gasteiger partial charge in [-0.05, 0) is 42.3 Å². The van der Waals surface area contributed by atoms with Gasteiger partial charge in [0.2, 0.25) is 5.91 Å². The van der Waals surface area contributed by atoms with Gasteiger partial charge >= 0.3 is 12.1 Å². The highest BCUT2D eigenvalue weighted by atomic mass is 35.5. The molecule has 0 radical (unpaired) electrons. The molecule has 0 fully saturated rings. The first-order valence-electron chi connectivity index (χ1n) is 8.29. The Kier molecular flexibility index (Phi) is 8.10. The average molecular weight is 444 g/mol. The Morgan fingerprint density at radius 3 is 2.48 bits per heavy atom. The van der Waals surface area contributed by atoms with Crippen LogP contribution in [0.1, 0.15) is 18.1 Å². The van der Waals surface area contributed by atoms with Crippen LogP contribution in [0.5, 0.6) is 0 Å². The van der Waals surface area contributed by atoms with Crippen LogP contribution in [0.25, 0.3) is 0 Å². The van der Waals surface area contributed by atoms with Crippen molar-refractivity contribution in [3.8, 4) is 0 Å². The average Bonchev–Trinajstić information content (AvgIpc) is 2.67. The van der Waals surface area contributed by atoms with E-state index in [0.717, 1.165) is 5.56 Å². The van der Waals surface area contributed by atoms with Crippen LogP contribution in [0.2, 0.25) is 5.02 Å². The molecular formula is C19H17ClF3N3O2S. The van der Waals surface area contributed by atoms with E-state index in [1.165, 1.54) is 30.0 Å². The van der Waals surface area contributed by atoms with Crippen molar-refractivity contribution < 1.29 is 22.8 Å². The minimum Gasteiger partial charge on any atom is -0.318 e. The highest BCUT2D eigenvalue weighted by Gasteiger charge is 2.38. The molecule has 0 aliphatic rings. The quantitative estimate of drug-likeness (QED) is 0.484. The highest BCUT2D eigenvalue weighted by molar-refractivity contribution is 7.99. The minimum absolute atomic E-state index is 0.0239. The standard InChI is InChI=1S/C19H17ClF3N3O2S/c1-12(14-3-2-4-16(9-14)24-18(28)19(21,22)23)25-26-17(27)11-29-10-13-5-7-15(20)8-6-13/h2-9H,10-11H2,1H3,(H,24,28)(H,26,27)/b25-12-. The Labute approximate surface area is 174 Å². The van der Waals surface area contributed by atoms with Crippen molar-refractivity contribution in [2.24, 2.45) is 5.10 Å². The van der Waals surface area contributed by atoms with E-state index in [0.29, 0.717) is 22.1 Å². The molecule has 0 bridgehead atoms. The Bertz CT molecular complexity index is 902. The predicted molar refractivity (Wildman–Crippen MR) is 109 cm³/mol. The van der Waals surface area contributed by atoms with Crippen molar-refractivity contribution in [3.63, 3.8) is 0 Å². The molecule has 154 valence electrons. The van der Waals surface area contributed by atoms with Crippen molar-refractivity contribution in [2.75, 3.05) is 11.1 Å². The molecule has 0 unspecified atom stereocenters.